The van der Waals surface area contributed by atoms with Gasteiger partial charge in [0.1, 0.15) is 3.70 Å². The van der Waals surface area contributed by atoms with Gasteiger partial charge in [-0.15, -0.1) is 0 Å². The van der Waals surface area contributed by atoms with Crippen molar-refractivity contribution in [2.24, 2.45) is 0 Å². The molecule has 1 N–H and O–H groups in total. The van der Waals surface area contributed by atoms with E-state index in [1.54, 1.807) is 12.4 Å². The first-order chi connectivity index (χ1) is 5.29. The summed E-state index contributed by atoms with van der Waals surface area (Å²) in [5, 5.41) is 1.74. The first-order valence-corrected chi connectivity index (χ1v) is 4.52. The lowest BCUT2D eigenvalue weighted by molar-refractivity contribution is 1.31. The van der Waals surface area contributed by atoms with Gasteiger partial charge in [-0.1, -0.05) is 11.6 Å². The van der Waals surface area contributed by atoms with Crippen LogP contribution in [0.4, 0.5) is 0 Å². The van der Waals surface area contributed by atoms with Crippen molar-refractivity contribution in [2.45, 2.75) is 0 Å². The average Bonchev–Trinajstić information content (AvgIpc) is 2.34. The molecule has 0 bridgehead atoms. The number of aromatic amines is 1. The molecule has 2 aromatic rings. The number of hydrogen-bond acceptors (Lipinski definition) is 1. The van der Waals surface area contributed by atoms with E-state index in [1.807, 2.05) is 6.07 Å². The number of fused-ring (bicyclic) bond motifs is 1. The van der Waals surface area contributed by atoms with Gasteiger partial charge in [-0.3, -0.25) is 0 Å². The molecular weight excluding hydrogens is 274 g/mol. The third-order valence-electron chi connectivity index (χ3n) is 1.50. The minimum Gasteiger partial charge on any atom is -0.360 e. The first-order valence-electron chi connectivity index (χ1n) is 3.06. The molecule has 0 saturated heterocycles. The van der Waals surface area contributed by atoms with Gasteiger partial charge in [-0.2, -0.15) is 0 Å². The third kappa shape index (κ3) is 1.12. The Morgan fingerprint density at radius 2 is 2.36 bits per heavy atom. The average molecular weight is 278 g/mol. The van der Waals surface area contributed by atoms with E-state index in [9.17, 15) is 0 Å². The summed E-state index contributed by atoms with van der Waals surface area (Å²) in [6.07, 6.45) is 3.53. The Morgan fingerprint density at radius 1 is 1.55 bits per heavy atom. The van der Waals surface area contributed by atoms with Crippen LogP contribution >= 0.6 is 34.2 Å². The lowest BCUT2D eigenvalue weighted by Gasteiger charge is -1.91. The van der Waals surface area contributed by atoms with E-state index in [1.165, 1.54) is 0 Å². The van der Waals surface area contributed by atoms with Crippen LogP contribution in [0, 0.1) is 3.70 Å². The zero-order chi connectivity index (χ0) is 7.84. The zero-order valence-corrected chi connectivity index (χ0v) is 8.35. The van der Waals surface area contributed by atoms with Crippen molar-refractivity contribution in [3.8, 4) is 0 Å². The van der Waals surface area contributed by atoms with Gasteiger partial charge in [0, 0.05) is 12.4 Å². The summed E-state index contributed by atoms with van der Waals surface area (Å²) in [7, 11) is 0. The molecule has 0 aliphatic rings. The van der Waals surface area contributed by atoms with E-state index in [0.29, 0.717) is 0 Å². The maximum Gasteiger partial charge on any atom is 0.112 e. The summed E-state index contributed by atoms with van der Waals surface area (Å²) in [4.78, 5) is 7.17. The maximum atomic E-state index is 5.90. The number of halogens is 2. The summed E-state index contributed by atoms with van der Waals surface area (Å²) in [6.45, 7) is 0. The van der Waals surface area contributed by atoms with Gasteiger partial charge in [-0.25, -0.2) is 4.98 Å². The fourth-order valence-corrected chi connectivity index (χ4v) is 2.14. The Labute approximate surface area is 82.1 Å². The van der Waals surface area contributed by atoms with Gasteiger partial charge < -0.3 is 4.98 Å². The second-order valence-corrected chi connectivity index (χ2v) is 3.59. The lowest BCUT2D eigenvalue weighted by atomic mass is 10.3. The molecule has 11 heavy (non-hydrogen) atoms. The highest BCUT2D eigenvalue weighted by Gasteiger charge is 2.04. The van der Waals surface area contributed by atoms with Crippen LogP contribution in [0.3, 0.4) is 0 Å². The Hall–Kier alpha value is -0.290. The largest absolute Gasteiger partial charge is 0.360 e. The van der Waals surface area contributed by atoms with E-state index in [-0.39, 0.29) is 0 Å². The van der Waals surface area contributed by atoms with Crippen LogP contribution in [0.15, 0.2) is 18.5 Å². The van der Waals surface area contributed by atoms with Gasteiger partial charge in [0.15, 0.2) is 0 Å². The monoisotopic (exact) mass is 278 g/mol. The summed E-state index contributed by atoms with van der Waals surface area (Å²) in [6, 6.07) is 1.91. The number of nitrogens with zero attached hydrogens (tertiary/aromatic N) is 1. The fraction of sp³-hybridized carbons (Fsp3) is 0. The molecule has 4 heteroatoms. The molecule has 2 nitrogen and oxygen atoms in total. The Kier molecular flexibility index (Phi) is 1.77. The van der Waals surface area contributed by atoms with Crippen LogP contribution in [0.5, 0.6) is 0 Å². The Morgan fingerprint density at radius 3 is 3.09 bits per heavy atom. The van der Waals surface area contributed by atoms with Crippen molar-refractivity contribution in [1.82, 2.24) is 9.97 Å². The van der Waals surface area contributed by atoms with Crippen molar-refractivity contribution >= 4 is 45.1 Å². The van der Waals surface area contributed by atoms with Crippen molar-refractivity contribution in [3.05, 3.63) is 27.2 Å². The molecule has 0 saturated carbocycles. The molecule has 0 amide bonds. The van der Waals surface area contributed by atoms with Crippen LogP contribution in [0.25, 0.3) is 10.9 Å². The zero-order valence-electron chi connectivity index (χ0n) is 5.44. The highest BCUT2D eigenvalue weighted by atomic mass is 127. The molecule has 0 atom stereocenters. The highest BCUT2D eigenvalue weighted by Crippen LogP contribution is 2.25. The second-order valence-electron chi connectivity index (χ2n) is 2.16. The Bertz CT molecular complexity index is 396. The van der Waals surface area contributed by atoms with Crippen molar-refractivity contribution in [1.29, 1.82) is 0 Å². The quantitative estimate of drug-likeness (QED) is 0.582. The van der Waals surface area contributed by atoms with Crippen molar-refractivity contribution < 1.29 is 0 Å². The normalized spacial score (nSPS) is 10.7. The van der Waals surface area contributed by atoms with Gasteiger partial charge in [0.2, 0.25) is 0 Å². The molecule has 2 rings (SSSR count). The standard InChI is InChI=1S/C7H4ClIN2/c8-4-3-11-5-1-2-10-7(9)6(4)5/h1-3,11H. The molecule has 0 spiro atoms. The molecule has 56 valence electrons. The van der Waals surface area contributed by atoms with Gasteiger partial charge in [0.05, 0.1) is 15.9 Å². The SMILES string of the molecule is Clc1c[nH]c2ccnc(I)c12. The molecule has 0 unspecified atom stereocenters. The smallest absolute Gasteiger partial charge is 0.112 e. The van der Waals surface area contributed by atoms with E-state index in [4.69, 9.17) is 11.6 Å². The number of pyridine rings is 1. The van der Waals surface area contributed by atoms with Crippen molar-refractivity contribution in [2.75, 3.05) is 0 Å². The molecule has 2 aromatic heterocycles. The third-order valence-corrected chi connectivity index (χ3v) is 2.61. The Balaban J connectivity index is 2.96. The van der Waals surface area contributed by atoms with Crippen LogP contribution in [0.1, 0.15) is 0 Å². The van der Waals surface area contributed by atoms with E-state index >= 15 is 0 Å². The summed E-state index contributed by atoms with van der Waals surface area (Å²) in [5.74, 6) is 0. The number of hydrogen-bond donors (Lipinski definition) is 1. The van der Waals surface area contributed by atoms with Gasteiger partial charge >= 0.3 is 0 Å². The first kappa shape index (κ1) is 7.36. The predicted molar refractivity (Wildman–Crippen MR) is 53.8 cm³/mol. The molecule has 0 aliphatic carbocycles. The molecule has 0 aromatic carbocycles. The number of H-pyrrole nitrogens is 1. The second kappa shape index (κ2) is 2.64. The summed E-state index contributed by atoms with van der Waals surface area (Å²) in [5.41, 5.74) is 1.04. The molecular formula is C7H4ClIN2. The van der Waals surface area contributed by atoms with Crippen LogP contribution < -0.4 is 0 Å². The topological polar surface area (TPSA) is 28.7 Å². The minimum atomic E-state index is 0.734. The van der Waals surface area contributed by atoms with Crippen LogP contribution in [-0.4, -0.2) is 9.97 Å². The van der Waals surface area contributed by atoms with Gasteiger partial charge in [0.25, 0.3) is 0 Å². The van der Waals surface area contributed by atoms with Crippen LogP contribution in [-0.2, 0) is 0 Å². The highest BCUT2D eigenvalue weighted by molar-refractivity contribution is 14.1. The van der Waals surface area contributed by atoms with Gasteiger partial charge in [-0.05, 0) is 28.7 Å². The summed E-state index contributed by atoms with van der Waals surface area (Å²) >= 11 is 8.07. The molecule has 2 heterocycles. The fourth-order valence-electron chi connectivity index (χ4n) is 0.997. The van der Waals surface area contributed by atoms with Crippen molar-refractivity contribution in [3.63, 3.8) is 0 Å². The molecule has 0 aliphatic heterocycles. The van der Waals surface area contributed by atoms with E-state index in [2.05, 4.69) is 32.6 Å². The van der Waals surface area contributed by atoms with E-state index < -0.39 is 0 Å². The number of rotatable bonds is 0. The maximum absolute atomic E-state index is 5.90. The molecule has 0 radical (unpaired) electrons. The summed E-state index contributed by atoms with van der Waals surface area (Å²) < 4.78 is 0.936. The molecule has 0 fully saturated rings. The number of nitrogens with one attached hydrogen (secondary N) is 1. The number of aromatic nitrogens is 2. The van der Waals surface area contributed by atoms with Crippen LogP contribution in [0.2, 0.25) is 5.02 Å². The van der Waals surface area contributed by atoms with E-state index in [0.717, 1.165) is 19.6 Å². The lowest BCUT2D eigenvalue weighted by Crippen LogP contribution is -1.78. The minimum absolute atomic E-state index is 0.734. The predicted octanol–water partition coefficient (Wildman–Crippen LogP) is 2.82.